The van der Waals surface area contributed by atoms with Gasteiger partial charge in [0.05, 0.1) is 4.92 Å². The van der Waals surface area contributed by atoms with Crippen molar-refractivity contribution in [2.75, 3.05) is 7.11 Å². The van der Waals surface area contributed by atoms with Gasteiger partial charge in [-0.15, -0.1) is 0 Å². The average molecular weight is 190 g/mol. The number of allylic oxidation sites excluding steroid dienone is 2. The van der Waals surface area contributed by atoms with Gasteiger partial charge >= 0.3 is 5.00 Å². The van der Waals surface area contributed by atoms with Crippen LogP contribution in [0.2, 0.25) is 0 Å². The number of nitrogens with zero attached hydrogens (tertiary/aromatic N) is 1. The van der Waals surface area contributed by atoms with Gasteiger partial charge in [-0.25, -0.2) is 0 Å². The van der Waals surface area contributed by atoms with Crippen LogP contribution in [0.25, 0.3) is 0 Å². The third kappa shape index (κ3) is 1.35. The molecule has 5 heteroatoms. The van der Waals surface area contributed by atoms with E-state index in [1.54, 1.807) is 12.2 Å². The van der Waals surface area contributed by atoms with Crippen molar-refractivity contribution in [1.29, 1.82) is 0 Å². The monoisotopic (exact) mass is 189 g/mol. The van der Waals surface area contributed by atoms with Crippen LogP contribution in [0, 0.1) is 10.1 Å². The zero-order valence-electron chi connectivity index (χ0n) is 6.44. The van der Waals surface area contributed by atoms with Crippen LogP contribution in [0.3, 0.4) is 0 Å². The van der Waals surface area contributed by atoms with E-state index in [0.717, 1.165) is 0 Å². The van der Waals surface area contributed by atoms with Crippen LogP contribution in [0.4, 0.5) is 0 Å². The number of alkyl halides is 1. The summed E-state index contributed by atoms with van der Waals surface area (Å²) in [4.78, 5) is 8.34. The van der Waals surface area contributed by atoms with Crippen LogP contribution in [-0.2, 0) is 4.74 Å². The van der Waals surface area contributed by atoms with Crippen LogP contribution < -0.4 is 0 Å². The van der Waals surface area contributed by atoms with E-state index >= 15 is 0 Å². The third-order valence-corrected chi connectivity index (χ3v) is 2.14. The first-order chi connectivity index (χ1) is 5.61. The normalized spacial score (nSPS) is 33.7. The largest absolute Gasteiger partial charge is 0.368 e. The van der Waals surface area contributed by atoms with Gasteiger partial charge in [-0.05, 0) is 17.7 Å². The molecular formula is C7H8ClNO3. The molecule has 0 fully saturated rings. The van der Waals surface area contributed by atoms with Gasteiger partial charge in [-0.2, -0.15) is 0 Å². The molecular weight excluding hydrogens is 182 g/mol. The fourth-order valence-corrected chi connectivity index (χ4v) is 1.23. The van der Waals surface area contributed by atoms with Crippen LogP contribution in [-0.4, -0.2) is 23.1 Å². The highest BCUT2D eigenvalue weighted by atomic mass is 35.5. The van der Waals surface area contributed by atoms with Crippen LogP contribution in [0.15, 0.2) is 24.3 Å². The minimum Gasteiger partial charge on any atom is -0.368 e. The van der Waals surface area contributed by atoms with Crippen molar-refractivity contribution in [3.63, 3.8) is 0 Å². The lowest BCUT2D eigenvalue weighted by Crippen LogP contribution is -2.43. The summed E-state index contributed by atoms with van der Waals surface area (Å²) in [6.45, 7) is 0. The molecule has 0 radical (unpaired) electrons. The summed E-state index contributed by atoms with van der Waals surface area (Å²) in [5.41, 5.74) is 0. The first kappa shape index (κ1) is 9.22. The van der Waals surface area contributed by atoms with Gasteiger partial charge in [0.25, 0.3) is 0 Å². The highest BCUT2D eigenvalue weighted by molar-refractivity contribution is 6.24. The van der Waals surface area contributed by atoms with Crippen molar-refractivity contribution < 1.29 is 9.66 Å². The SMILES string of the molecule is COC1C=CC=CC1(Cl)[N+](=O)[O-]. The maximum absolute atomic E-state index is 10.6. The Morgan fingerprint density at radius 1 is 1.67 bits per heavy atom. The second-order valence-electron chi connectivity index (χ2n) is 2.39. The first-order valence-electron chi connectivity index (χ1n) is 3.33. The molecule has 1 aliphatic rings. The van der Waals surface area contributed by atoms with Crippen molar-refractivity contribution in [3.8, 4) is 0 Å². The van der Waals surface area contributed by atoms with E-state index in [-0.39, 0.29) is 0 Å². The van der Waals surface area contributed by atoms with Crippen molar-refractivity contribution in [3.05, 3.63) is 34.4 Å². The molecule has 0 heterocycles. The zero-order chi connectivity index (χ0) is 9.19. The van der Waals surface area contributed by atoms with E-state index in [1.807, 2.05) is 0 Å². The van der Waals surface area contributed by atoms with Crippen LogP contribution in [0.1, 0.15) is 0 Å². The number of rotatable bonds is 2. The van der Waals surface area contributed by atoms with E-state index in [0.29, 0.717) is 0 Å². The summed E-state index contributed by atoms with van der Waals surface area (Å²) in [5, 5.41) is 10.6. The summed E-state index contributed by atoms with van der Waals surface area (Å²) in [5.74, 6) is 0. The number of ether oxygens (including phenoxy) is 1. The second-order valence-corrected chi connectivity index (χ2v) is 2.99. The molecule has 0 aromatic heterocycles. The Labute approximate surface area is 74.6 Å². The highest BCUT2D eigenvalue weighted by Crippen LogP contribution is 2.28. The average Bonchev–Trinajstić information content (AvgIpc) is 2.05. The summed E-state index contributed by atoms with van der Waals surface area (Å²) in [7, 11) is 1.38. The summed E-state index contributed by atoms with van der Waals surface area (Å²) in [6, 6.07) is 0. The Morgan fingerprint density at radius 2 is 2.33 bits per heavy atom. The predicted molar refractivity (Wildman–Crippen MR) is 44.7 cm³/mol. The Bertz CT molecular complexity index is 251. The van der Waals surface area contributed by atoms with E-state index in [4.69, 9.17) is 16.3 Å². The van der Waals surface area contributed by atoms with Crippen molar-refractivity contribution >= 4 is 11.6 Å². The molecule has 12 heavy (non-hydrogen) atoms. The van der Waals surface area contributed by atoms with Gasteiger partial charge in [0.15, 0.2) is 6.10 Å². The molecule has 0 saturated carbocycles. The molecule has 66 valence electrons. The Hall–Kier alpha value is -0.870. The van der Waals surface area contributed by atoms with E-state index in [9.17, 15) is 10.1 Å². The highest BCUT2D eigenvalue weighted by Gasteiger charge is 2.46. The van der Waals surface area contributed by atoms with Gasteiger partial charge < -0.3 is 4.74 Å². The number of nitro groups is 1. The van der Waals surface area contributed by atoms with Gasteiger partial charge in [0.2, 0.25) is 0 Å². The predicted octanol–water partition coefficient (Wildman–Crippen LogP) is 1.34. The smallest absolute Gasteiger partial charge is 0.343 e. The van der Waals surface area contributed by atoms with Gasteiger partial charge in [0, 0.05) is 13.2 Å². The van der Waals surface area contributed by atoms with E-state index < -0.39 is 16.0 Å². The van der Waals surface area contributed by atoms with Crippen molar-refractivity contribution in [1.82, 2.24) is 0 Å². The molecule has 0 saturated heterocycles. The zero-order valence-corrected chi connectivity index (χ0v) is 7.19. The summed E-state index contributed by atoms with van der Waals surface area (Å²) < 4.78 is 4.86. The minimum atomic E-state index is -1.65. The third-order valence-electron chi connectivity index (χ3n) is 1.66. The van der Waals surface area contributed by atoms with E-state index in [1.165, 1.54) is 19.3 Å². The second kappa shape index (κ2) is 3.25. The number of hydrogen-bond donors (Lipinski definition) is 0. The van der Waals surface area contributed by atoms with Crippen molar-refractivity contribution in [2.45, 2.75) is 11.1 Å². The molecule has 2 atom stereocenters. The molecule has 0 spiro atoms. The first-order valence-corrected chi connectivity index (χ1v) is 3.71. The van der Waals surface area contributed by atoms with Gasteiger partial charge in [0.1, 0.15) is 0 Å². The summed E-state index contributed by atoms with van der Waals surface area (Å²) in [6.07, 6.45) is 5.35. The standard InChI is InChI=1S/C7H8ClNO3/c1-12-6-4-2-3-5-7(6,8)9(10)11/h2-6H,1H3. The molecule has 0 aliphatic heterocycles. The van der Waals surface area contributed by atoms with Crippen molar-refractivity contribution in [2.24, 2.45) is 0 Å². The minimum absolute atomic E-state index is 0.567. The molecule has 0 aromatic carbocycles. The Morgan fingerprint density at radius 3 is 2.75 bits per heavy atom. The molecule has 0 bridgehead atoms. The molecule has 0 N–H and O–H groups in total. The van der Waals surface area contributed by atoms with Gasteiger partial charge in [-0.3, -0.25) is 10.1 Å². The molecule has 2 unspecified atom stereocenters. The number of halogens is 1. The molecule has 1 aliphatic carbocycles. The maximum atomic E-state index is 10.6. The number of hydrogen-bond acceptors (Lipinski definition) is 3. The lowest BCUT2D eigenvalue weighted by Gasteiger charge is -2.22. The fraction of sp³-hybridized carbons (Fsp3) is 0.429. The molecule has 0 aromatic rings. The lowest BCUT2D eigenvalue weighted by molar-refractivity contribution is -0.538. The fourth-order valence-electron chi connectivity index (χ4n) is 0.994. The molecule has 1 rings (SSSR count). The molecule has 4 nitrogen and oxygen atoms in total. The maximum Gasteiger partial charge on any atom is 0.343 e. The quantitative estimate of drug-likeness (QED) is 0.285. The molecule has 0 amide bonds. The summed E-state index contributed by atoms with van der Waals surface area (Å²) >= 11 is 5.71. The van der Waals surface area contributed by atoms with Crippen LogP contribution in [0.5, 0.6) is 0 Å². The Kier molecular flexibility index (Phi) is 2.49. The van der Waals surface area contributed by atoms with Gasteiger partial charge in [-0.1, -0.05) is 12.2 Å². The topological polar surface area (TPSA) is 52.4 Å². The lowest BCUT2D eigenvalue weighted by atomic mass is 10.1. The Balaban J connectivity index is 2.94. The van der Waals surface area contributed by atoms with E-state index in [2.05, 4.69) is 0 Å². The van der Waals surface area contributed by atoms with Crippen LogP contribution >= 0.6 is 11.6 Å². The number of methoxy groups -OCH3 is 1.